The first-order valence-corrected chi connectivity index (χ1v) is 18.9. The maximum Gasteiger partial charge on any atom is 0.494 e. The van der Waals surface area contributed by atoms with Crippen LogP contribution in [0.5, 0.6) is 0 Å². The molecule has 1 spiro atoms. The summed E-state index contributed by atoms with van der Waals surface area (Å²) in [6, 6.07) is 32.1. The van der Waals surface area contributed by atoms with Gasteiger partial charge in [0.05, 0.1) is 22.4 Å². The molecule has 0 atom stereocenters. The summed E-state index contributed by atoms with van der Waals surface area (Å²) in [5.41, 5.74) is 11.6. The molecule has 8 rings (SSSR count). The van der Waals surface area contributed by atoms with Gasteiger partial charge in [-0.1, -0.05) is 100 Å². The van der Waals surface area contributed by atoms with Crippen LogP contribution < -0.4 is 10.9 Å². The Balaban J connectivity index is 1.14. The molecule has 2 heterocycles. The largest absolute Gasteiger partial charge is 0.494 e. The zero-order valence-corrected chi connectivity index (χ0v) is 32.8. The first kappa shape index (κ1) is 34.9. The molecule has 2 aliphatic heterocycles. The van der Waals surface area contributed by atoms with E-state index in [4.69, 9.17) is 18.6 Å². The molecule has 2 aliphatic carbocycles. The third-order valence-electron chi connectivity index (χ3n) is 13.6. The van der Waals surface area contributed by atoms with Gasteiger partial charge >= 0.3 is 14.2 Å². The number of fused-ring (bicyclic) bond motifs is 4. The van der Waals surface area contributed by atoms with Crippen molar-refractivity contribution in [3.8, 4) is 22.3 Å². The van der Waals surface area contributed by atoms with Crippen molar-refractivity contribution in [1.82, 2.24) is 0 Å². The summed E-state index contributed by atoms with van der Waals surface area (Å²) in [6.45, 7) is 26.6. The highest BCUT2D eigenvalue weighted by Gasteiger charge is 2.57. The molecule has 4 nitrogen and oxygen atoms in total. The number of hydrogen-bond donors (Lipinski definition) is 0. The van der Waals surface area contributed by atoms with Crippen LogP contribution in [0.3, 0.4) is 0 Å². The van der Waals surface area contributed by atoms with Gasteiger partial charge in [-0.15, -0.1) is 0 Å². The Morgan fingerprint density at radius 1 is 0.373 bits per heavy atom. The van der Waals surface area contributed by atoms with Crippen molar-refractivity contribution in [3.63, 3.8) is 0 Å². The van der Waals surface area contributed by atoms with Crippen LogP contribution in [0.25, 0.3) is 22.3 Å². The smallest absolute Gasteiger partial charge is 0.399 e. The SMILES string of the molecule is CC1(C)CC2(CC(C)(C)c3ccc(-c4ccc(B5OC(C)(C)C(C)(C)O5)cc4)cc32)c2cc(-c3ccc(B4OC(C)(C)C(C)(C)O4)cc3)ccc21. The Labute approximate surface area is 306 Å². The van der Waals surface area contributed by atoms with Crippen LogP contribution in [0.4, 0.5) is 0 Å². The monoisotopic (exact) mass is 680 g/mol. The lowest BCUT2D eigenvalue weighted by atomic mass is 9.72. The van der Waals surface area contributed by atoms with Crippen LogP contribution >= 0.6 is 0 Å². The van der Waals surface area contributed by atoms with Gasteiger partial charge in [-0.25, -0.2) is 0 Å². The molecule has 264 valence electrons. The Morgan fingerprint density at radius 2 is 0.667 bits per heavy atom. The highest BCUT2D eigenvalue weighted by atomic mass is 16.7. The first-order valence-electron chi connectivity index (χ1n) is 18.9. The second kappa shape index (κ2) is 10.9. The van der Waals surface area contributed by atoms with E-state index in [9.17, 15) is 0 Å². The van der Waals surface area contributed by atoms with Crippen LogP contribution in [0, 0.1) is 0 Å². The predicted molar refractivity (Wildman–Crippen MR) is 211 cm³/mol. The van der Waals surface area contributed by atoms with Crippen molar-refractivity contribution in [2.45, 2.75) is 135 Å². The van der Waals surface area contributed by atoms with E-state index in [-0.39, 0.29) is 52.9 Å². The van der Waals surface area contributed by atoms with Gasteiger partial charge in [0.25, 0.3) is 0 Å². The number of hydrogen-bond acceptors (Lipinski definition) is 4. The Bertz CT molecular complexity index is 1840. The van der Waals surface area contributed by atoms with Crippen LogP contribution in [0.15, 0.2) is 84.9 Å². The van der Waals surface area contributed by atoms with E-state index in [2.05, 4.69) is 168 Å². The molecule has 0 N–H and O–H groups in total. The lowest BCUT2D eigenvalue weighted by Crippen LogP contribution is -2.41. The van der Waals surface area contributed by atoms with E-state index >= 15 is 0 Å². The Kier molecular flexibility index (Phi) is 7.49. The molecular weight excluding hydrogens is 626 g/mol. The minimum absolute atomic E-state index is 0.0606. The van der Waals surface area contributed by atoms with Gasteiger partial charge in [0, 0.05) is 5.41 Å². The molecule has 4 aliphatic rings. The molecule has 51 heavy (non-hydrogen) atoms. The van der Waals surface area contributed by atoms with Crippen molar-refractivity contribution in [2.24, 2.45) is 0 Å². The van der Waals surface area contributed by atoms with Crippen molar-refractivity contribution >= 4 is 25.2 Å². The van der Waals surface area contributed by atoms with Crippen molar-refractivity contribution in [1.29, 1.82) is 0 Å². The second-order valence-corrected chi connectivity index (χ2v) is 19.1. The normalized spacial score (nSPS) is 23.8. The molecule has 0 radical (unpaired) electrons. The zero-order valence-electron chi connectivity index (χ0n) is 32.8. The fraction of sp³-hybridized carbons (Fsp3) is 0.467. The lowest BCUT2D eigenvalue weighted by Gasteiger charge is -2.32. The Morgan fingerprint density at radius 3 is 0.980 bits per heavy atom. The molecule has 4 aromatic rings. The van der Waals surface area contributed by atoms with Gasteiger partial charge in [0.1, 0.15) is 0 Å². The van der Waals surface area contributed by atoms with Gasteiger partial charge in [-0.2, -0.15) is 0 Å². The van der Waals surface area contributed by atoms with E-state index in [0.717, 1.165) is 23.8 Å². The molecule has 6 heteroatoms. The summed E-state index contributed by atoms with van der Waals surface area (Å²) >= 11 is 0. The van der Waals surface area contributed by atoms with Crippen molar-refractivity contribution in [2.75, 3.05) is 0 Å². The average Bonchev–Trinajstić information content (AvgIpc) is 3.61. The fourth-order valence-corrected chi connectivity index (χ4v) is 9.33. The van der Waals surface area contributed by atoms with E-state index in [1.807, 2.05) is 0 Å². The van der Waals surface area contributed by atoms with Gasteiger partial charge in [0.2, 0.25) is 0 Å². The minimum atomic E-state index is -0.362. The summed E-state index contributed by atoms with van der Waals surface area (Å²) in [5, 5.41) is 0. The third-order valence-corrected chi connectivity index (χ3v) is 13.6. The maximum absolute atomic E-state index is 6.35. The molecule has 0 amide bonds. The zero-order chi connectivity index (χ0) is 36.6. The van der Waals surface area contributed by atoms with E-state index in [1.165, 1.54) is 44.5 Å². The topological polar surface area (TPSA) is 36.9 Å². The van der Waals surface area contributed by atoms with Crippen LogP contribution in [-0.2, 0) is 34.9 Å². The van der Waals surface area contributed by atoms with Gasteiger partial charge in [0.15, 0.2) is 0 Å². The summed E-state index contributed by atoms with van der Waals surface area (Å²) in [6.07, 6.45) is 2.20. The standard InChI is InChI=1S/C45H54B2O4/c1-39(2)27-45(37-25-31(17-23-35(37)39)29-13-19-33(20-14-29)46-48-41(5,6)42(7,8)49-46)28-40(3,4)36-24-18-32(26-38(36)45)30-15-21-34(22-16-30)47-50-43(9,10)44(11,12)51-47/h13-26H,27-28H2,1-12H3. The number of benzene rings is 4. The molecule has 2 fully saturated rings. The molecule has 2 saturated heterocycles. The summed E-state index contributed by atoms with van der Waals surface area (Å²) < 4.78 is 25.4. The van der Waals surface area contributed by atoms with E-state index < -0.39 is 0 Å². The second-order valence-electron chi connectivity index (χ2n) is 19.1. The first-order chi connectivity index (χ1) is 23.6. The van der Waals surface area contributed by atoms with Gasteiger partial charge < -0.3 is 18.6 Å². The lowest BCUT2D eigenvalue weighted by molar-refractivity contribution is 0.00578. The predicted octanol–water partition coefficient (Wildman–Crippen LogP) is 9.27. The highest BCUT2D eigenvalue weighted by Crippen LogP contribution is 2.63. The molecule has 0 unspecified atom stereocenters. The molecule has 0 aromatic heterocycles. The molecule has 4 aromatic carbocycles. The van der Waals surface area contributed by atoms with Crippen LogP contribution in [0.1, 0.15) is 118 Å². The third kappa shape index (κ3) is 5.34. The van der Waals surface area contributed by atoms with Crippen molar-refractivity contribution < 1.29 is 18.6 Å². The quantitative estimate of drug-likeness (QED) is 0.202. The summed E-state index contributed by atoms with van der Waals surface area (Å²) in [7, 11) is -0.723. The van der Waals surface area contributed by atoms with Gasteiger partial charge in [-0.05, 0) is 147 Å². The molecule has 0 bridgehead atoms. The van der Waals surface area contributed by atoms with Gasteiger partial charge in [-0.3, -0.25) is 0 Å². The minimum Gasteiger partial charge on any atom is -0.399 e. The fourth-order valence-electron chi connectivity index (χ4n) is 9.33. The summed E-state index contributed by atoms with van der Waals surface area (Å²) in [5.74, 6) is 0. The van der Waals surface area contributed by atoms with Crippen LogP contribution in [-0.4, -0.2) is 36.6 Å². The van der Waals surface area contributed by atoms with E-state index in [0.29, 0.717) is 0 Å². The highest BCUT2D eigenvalue weighted by molar-refractivity contribution is 6.62. The van der Waals surface area contributed by atoms with Crippen LogP contribution in [0.2, 0.25) is 0 Å². The number of rotatable bonds is 4. The Hall–Kier alpha value is -3.15. The average molecular weight is 681 g/mol. The summed E-state index contributed by atoms with van der Waals surface area (Å²) in [4.78, 5) is 0. The van der Waals surface area contributed by atoms with E-state index in [1.54, 1.807) is 0 Å². The maximum atomic E-state index is 6.35. The van der Waals surface area contributed by atoms with Crippen molar-refractivity contribution in [3.05, 3.63) is 107 Å². The molecular formula is C45H54B2O4. The molecule has 0 saturated carbocycles.